The maximum atomic E-state index is 12.4. The van der Waals surface area contributed by atoms with E-state index in [1.165, 1.54) is 37.8 Å². The van der Waals surface area contributed by atoms with Crippen LogP contribution in [0.2, 0.25) is 0 Å². The molecule has 3 heteroatoms. The first kappa shape index (κ1) is 13.5. The Balaban J connectivity index is 1.82. The zero-order valence-corrected chi connectivity index (χ0v) is 10.8. The molecule has 1 N–H and O–H groups in total. The number of alkyl halides is 2. The van der Waals surface area contributed by atoms with Gasteiger partial charge in [0, 0.05) is 18.2 Å². The molecule has 1 atom stereocenters. The Morgan fingerprint density at radius 1 is 1.17 bits per heavy atom. The third-order valence-corrected chi connectivity index (χ3v) is 3.97. The fourth-order valence-electron chi connectivity index (χ4n) is 2.68. The maximum absolute atomic E-state index is 12.4. The molecule has 0 heterocycles. The average Bonchev–Trinajstić information content (AvgIpc) is 2.90. The van der Waals surface area contributed by atoms with E-state index in [-0.39, 0.29) is 5.56 Å². The van der Waals surface area contributed by atoms with E-state index in [4.69, 9.17) is 0 Å². The molecule has 1 aliphatic rings. The summed E-state index contributed by atoms with van der Waals surface area (Å²) < 4.78 is 24.8. The number of halogens is 2. The SMILES string of the molecule is C[C@H](NCc1ccc(C(F)F)cc1)C1CCCC1. The van der Waals surface area contributed by atoms with Crippen molar-refractivity contribution in [1.82, 2.24) is 5.32 Å². The molecular formula is C15H21F2N. The number of hydrogen-bond acceptors (Lipinski definition) is 1. The van der Waals surface area contributed by atoms with Crippen LogP contribution in [0.25, 0.3) is 0 Å². The molecule has 1 aromatic rings. The highest BCUT2D eigenvalue weighted by Gasteiger charge is 2.20. The van der Waals surface area contributed by atoms with Crippen LogP contribution in [0.4, 0.5) is 8.78 Å². The molecule has 0 amide bonds. The second-order valence-corrected chi connectivity index (χ2v) is 5.26. The molecule has 1 saturated carbocycles. The van der Waals surface area contributed by atoms with E-state index < -0.39 is 6.43 Å². The van der Waals surface area contributed by atoms with Crippen molar-refractivity contribution < 1.29 is 8.78 Å². The van der Waals surface area contributed by atoms with Crippen LogP contribution in [0.1, 0.15) is 50.2 Å². The first-order chi connectivity index (χ1) is 8.66. The van der Waals surface area contributed by atoms with Crippen LogP contribution in [0.15, 0.2) is 24.3 Å². The minimum Gasteiger partial charge on any atom is -0.310 e. The lowest BCUT2D eigenvalue weighted by Gasteiger charge is -2.20. The summed E-state index contributed by atoms with van der Waals surface area (Å²) in [5.41, 5.74) is 1.17. The van der Waals surface area contributed by atoms with Gasteiger partial charge in [-0.1, -0.05) is 37.1 Å². The number of hydrogen-bond donors (Lipinski definition) is 1. The van der Waals surface area contributed by atoms with E-state index in [1.54, 1.807) is 12.1 Å². The molecule has 0 saturated heterocycles. The molecule has 0 spiro atoms. The van der Waals surface area contributed by atoms with Gasteiger partial charge in [-0.3, -0.25) is 0 Å². The third kappa shape index (κ3) is 3.52. The Labute approximate surface area is 108 Å². The summed E-state index contributed by atoms with van der Waals surface area (Å²) in [5, 5.41) is 3.50. The summed E-state index contributed by atoms with van der Waals surface area (Å²) in [7, 11) is 0. The van der Waals surface area contributed by atoms with Gasteiger partial charge in [-0.25, -0.2) is 8.78 Å². The van der Waals surface area contributed by atoms with Crippen molar-refractivity contribution in [3.8, 4) is 0 Å². The maximum Gasteiger partial charge on any atom is 0.263 e. The standard InChI is InChI=1S/C15H21F2N/c1-11(13-4-2-3-5-13)18-10-12-6-8-14(9-7-12)15(16)17/h6-9,11,13,15,18H,2-5,10H2,1H3/t11-/m0/s1. The highest BCUT2D eigenvalue weighted by molar-refractivity contribution is 5.23. The highest BCUT2D eigenvalue weighted by Crippen LogP contribution is 2.27. The van der Waals surface area contributed by atoms with Gasteiger partial charge in [0.25, 0.3) is 6.43 Å². The Hall–Kier alpha value is -0.960. The van der Waals surface area contributed by atoms with Gasteiger partial charge in [-0.15, -0.1) is 0 Å². The van der Waals surface area contributed by atoms with Crippen LogP contribution < -0.4 is 5.32 Å². The van der Waals surface area contributed by atoms with Gasteiger partial charge in [0.15, 0.2) is 0 Å². The molecule has 0 aliphatic heterocycles. The topological polar surface area (TPSA) is 12.0 Å². The van der Waals surface area contributed by atoms with Gasteiger partial charge in [-0.2, -0.15) is 0 Å². The second kappa shape index (κ2) is 6.28. The first-order valence-electron chi connectivity index (χ1n) is 6.77. The third-order valence-electron chi connectivity index (χ3n) is 3.97. The molecule has 18 heavy (non-hydrogen) atoms. The minimum absolute atomic E-state index is 0.0996. The molecular weight excluding hydrogens is 232 g/mol. The summed E-state index contributed by atoms with van der Waals surface area (Å²) >= 11 is 0. The lowest BCUT2D eigenvalue weighted by molar-refractivity contribution is 0.151. The summed E-state index contributed by atoms with van der Waals surface area (Å²) in [6, 6.07) is 7.12. The molecule has 1 aromatic carbocycles. The summed E-state index contributed by atoms with van der Waals surface area (Å²) in [6.07, 6.45) is 2.96. The van der Waals surface area contributed by atoms with Crippen molar-refractivity contribution in [2.24, 2.45) is 5.92 Å². The van der Waals surface area contributed by atoms with Crippen LogP contribution in [-0.4, -0.2) is 6.04 Å². The number of nitrogens with one attached hydrogen (secondary N) is 1. The molecule has 1 nitrogen and oxygen atoms in total. The second-order valence-electron chi connectivity index (χ2n) is 5.26. The number of benzene rings is 1. The highest BCUT2D eigenvalue weighted by atomic mass is 19.3. The summed E-state index contributed by atoms with van der Waals surface area (Å²) in [4.78, 5) is 0. The van der Waals surface area contributed by atoms with E-state index in [0.29, 0.717) is 6.04 Å². The van der Waals surface area contributed by atoms with Crippen LogP contribution in [-0.2, 0) is 6.54 Å². The quantitative estimate of drug-likeness (QED) is 0.825. The van der Waals surface area contributed by atoms with Gasteiger partial charge in [-0.05, 0) is 31.2 Å². The normalized spacial score (nSPS) is 18.4. The summed E-state index contributed by atoms with van der Waals surface area (Å²) in [6.45, 7) is 2.99. The molecule has 1 aliphatic carbocycles. The fraction of sp³-hybridized carbons (Fsp3) is 0.600. The smallest absolute Gasteiger partial charge is 0.263 e. The van der Waals surface area contributed by atoms with Gasteiger partial charge in [0.1, 0.15) is 0 Å². The van der Waals surface area contributed by atoms with Crippen molar-refractivity contribution in [3.05, 3.63) is 35.4 Å². The predicted octanol–water partition coefficient (Wildman–Crippen LogP) is 4.29. The lowest BCUT2D eigenvalue weighted by atomic mass is 9.99. The Morgan fingerprint density at radius 2 is 1.78 bits per heavy atom. The van der Waals surface area contributed by atoms with Crippen molar-refractivity contribution in [1.29, 1.82) is 0 Å². The predicted molar refractivity (Wildman–Crippen MR) is 69.7 cm³/mol. The molecule has 0 bridgehead atoms. The molecule has 0 aromatic heterocycles. The minimum atomic E-state index is -2.37. The molecule has 1 fully saturated rings. The molecule has 100 valence electrons. The van der Waals surface area contributed by atoms with Gasteiger partial charge in [0.05, 0.1) is 0 Å². The molecule has 0 radical (unpaired) electrons. The van der Waals surface area contributed by atoms with Crippen molar-refractivity contribution >= 4 is 0 Å². The first-order valence-corrected chi connectivity index (χ1v) is 6.77. The van der Waals surface area contributed by atoms with E-state index in [9.17, 15) is 8.78 Å². The van der Waals surface area contributed by atoms with Crippen LogP contribution in [0.3, 0.4) is 0 Å². The number of rotatable bonds is 5. The van der Waals surface area contributed by atoms with Crippen molar-refractivity contribution in [3.63, 3.8) is 0 Å². The van der Waals surface area contributed by atoms with Crippen molar-refractivity contribution in [2.45, 2.75) is 51.6 Å². The fourth-order valence-corrected chi connectivity index (χ4v) is 2.68. The largest absolute Gasteiger partial charge is 0.310 e. The zero-order chi connectivity index (χ0) is 13.0. The van der Waals surface area contributed by atoms with E-state index in [1.807, 2.05) is 0 Å². The van der Waals surface area contributed by atoms with Gasteiger partial charge >= 0.3 is 0 Å². The lowest BCUT2D eigenvalue weighted by Crippen LogP contribution is -2.31. The van der Waals surface area contributed by atoms with E-state index >= 15 is 0 Å². The zero-order valence-electron chi connectivity index (χ0n) is 10.8. The van der Waals surface area contributed by atoms with Gasteiger partial charge < -0.3 is 5.32 Å². The summed E-state index contributed by atoms with van der Waals surface area (Å²) in [5.74, 6) is 0.783. The van der Waals surface area contributed by atoms with E-state index in [0.717, 1.165) is 18.0 Å². The Morgan fingerprint density at radius 3 is 2.33 bits per heavy atom. The van der Waals surface area contributed by atoms with Crippen molar-refractivity contribution in [2.75, 3.05) is 0 Å². The van der Waals surface area contributed by atoms with Gasteiger partial charge in [0.2, 0.25) is 0 Å². The van der Waals surface area contributed by atoms with E-state index in [2.05, 4.69) is 12.2 Å². The van der Waals surface area contributed by atoms with Crippen LogP contribution in [0, 0.1) is 5.92 Å². The Kier molecular flexibility index (Phi) is 4.70. The monoisotopic (exact) mass is 253 g/mol. The van der Waals surface area contributed by atoms with Crippen LogP contribution >= 0.6 is 0 Å². The average molecular weight is 253 g/mol. The van der Waals surface area contributed by atoms with Crippen LogP contribution in [0.5, 0.6) is 0 Å². The molecule has 2 rings (SSSR count). The Bertz CT molecular complexity index is 355. The molecule has 0 unspecified atom stereocenters.